The molecule has 0 bridgehead atoms. The Kier molecular flexibility index (Phi) is 2.75. The molecule has 0 aliphatic carbocycles. The number of hydrogen-bond acceptors (Lipinski definition) is 3. The SMILES string of the molecule is N#CCc1cc(O)c(O)cc1C(F)(F)F. The first kappa shape index (κ1) is 11.2. The third-order valence-electron chi connectivity index (χ3n) is 1.78. The van der Waals surface area contributed by atoms with Gasteiger partial charge in [-0.2, -0.15) is 18.4 Å². The minimum atomic E-state index is -4.66. The maximum absolute atomic E-state index is 12.4. The van der Waals surface area contributed by atoms with E-state index in [0.29, 0.717) is 6.07 Å². The summed E-state index contributed by atoms with van der Waals surface area (Å²) in [6.07, 6.45) is -5.14. The molecule has 1 rings (SSSR count). The van der Waals surface area contributed by atoms with Crippen LogP contribution in [0.4, 0.5) is 13.2 Å². The van der Waals surface area contributed by atoms with Crippen LogP contribution in [0, 0.1) is 11.3 Å². The van der Waals surface area contributed by atoms with Crippen molar-refractivity contribution in [2.75, 3.05) is 0 Å². The number of aromatic hydroxyl groups is 2. The number of benzene rings is 1. The van der Waals surface area contributed by atoms with Gasteiger partial charge in [0, 0.05) is 0 Å². The van der Waals surface area contributed by atoms with E-state index in [9.17, 15) is 13.2 Å². The van der Waals surface area contributed by atoms with Crippen LogP contribution in [0.5, 0.6) is 11.5 Å². The lowest BCUT2D eigenvalue weighted by Gasteiger charge is -2.11. The molecule has 15 heavy (non-hydrogen) atoms. The highest BCUT2D eigenvalue weighted by Crippen LogP contribution is 2.38. The van der Waals surface area contributed by atoms with Gasteiger partial charge in [0.1, 0.15) is 0 Å². The van der Waals surface area contributed by atoms with Crippen molar-refractivity contribution in [3.05, 3.63) is 23.3 Å². The number of phenolic OH excluding ortho intramolecular Hbond substituents is 2. The predicted molar refractivity (Wildman–Crippen MR) is 44.1 cm³/mol. The van der Waals surface area contributed by atoms with Crippen molar-refractivity contribution in [3.8, 4) is 17.6 Å². The van der Waals surface area contributed by atoms with Gasteiger partial charge in [-0.15, -0.1) is 0 Å². The number of phenols is 2. The monoisotopic (exact) mass is 217 g/mol. The van der Waals surface area contributed by atoms with Gasteiger partial charge >= 0.3 is 6.18 Å². The van der Waals surface area contributed by atoms with Gasteiger partial charge in [-0.25, -0.2) is 0 Å². The summed E-state index contributed by atoms with van der Waals surface area (Å²) < 4.78 is 37.1. The summed E-state index contributed by atoms with van der Waals surface area (Å²) in [6, 6.07) is 2.69. The van der Waals surface area contributed by atoms with Gasteiger partial charge in [0.05, 0.1) is 18.1 Å². The van der Waals surface area contributed by atoms with E-state index >= 15 is 0 Å². The Bertz CT molecular complexity index is 421. The van der Waals surface area contributed by atoms with Gasteiger partial charge in [-0.3, -0.25) is 0 Å². The highest BCUT2D eigenvalue weighted by Gasteiger charge is 2.34. The Labute approximate surface area is 83.0 Å². The van der Waals surface area contributed by atoms with Crippen LogP contribution in [0.15, 0.2) is 12.1 Å². The Morgan fingerprint density at radius 1 is 1.20 bits per heavy atom. The molecule has 0 unspecified atom stereocenters. The van der Waals surface area contributed by atoms with Crippen LogP contribution in [0.2, 0.25) is 0 Å². The van der Waals surface area contributed by atoms with Crippen molar-refractivity contribution in [1.82, 2.24) is 0 Å². The van der Waals surface area contributed by atoms with Crippen LogP contribution in [0.25, 0.3) is 0 Å². The molecule has 80 valence electrons. The molecular formula is C9H6F3NO2. The lowest BCUT2D eigenvalue weighted by atomic mass is 10.0. The first-order valence-electron chi connectivity index (χ1n) is 3.85. The van der Waals surface area contributed by atoms with Crippen LogP contribution in [0.3, 0.4) is 0 Å². The second-order valence-electron chi connectivity index (χ2n) is 2.83. The highest BCUT2D eigenvalue weighted by molar-refractivity contribution is 5.47. The van der Waals surface area contributed by atoms with Crippen LogP contribution >= 0.6 is 0 Å². The number of rotatable bonds is 1. The molecule has 0 aliphatic heterocycles. The molecule has 0 amide bonds. The summed E-state index contributed by atoms with van der Waals surface area (Å²) >= 11 is 0. The number of halogens is 3. The summed E-state index contributed by atoms with van der Waals surface area (Å²) in [5.74, 6) is -1.53. The molecular weight excluding hydrogens is 211 g/mol. The maximum Gasteiger partial charge on any atom is 0.416 e. The van der Waals surface area contributed by atoms with Gasteiger partial charge in [-0.1, -0.05) is 0 Å². The molecule has 0 heterocycles. The van der Waals surface area contributed by atoms with Crippen molar-refractivity contribution >= 4 is 0 Å². The minimum absolute atomic E-state index is 0.361. The zero-order valence-corrected chi connectivity index (χ0v) is 7.34. The molecule has 1 aromatic rings. The van der Waals surface area contributed by atoms with E-state index in [2.05, 4.69) is 0 Å². The third-order valence-corrected chi connectivity index (χ3v) is 1.78. The van der Waals surface area contributed by atoms with E-state index < -0.39 is 29.7 Å². The number of hydrogen-bond donors (Lipinski definition) is 2. The summed E-state index contributed by atoms with van der Waals surface area (Å²) in [4.78, 5) is 0. The standard InChI is InChI=1S/C9H6F3NO2/c10-9(11,12)6-4-8(15)7(14)3-5(6)1-2-13/h3-4,14-15H,1H2. The van der Waals surface area contributed by atoms with E-state index in [1.807, 2.05) is 0 Å². The normalized spacial score (nSPS) is 11.1. The molecule has 2 N–H and O–H groups in total. The molecule has 6 heteroatoms. The largest absolute Gasteiger partial charge is 0.504 e. The van der Waals surface area contributed by atoms with E-state index in [0.717, 1.165) is 6.07 Å². The third kappa shape index (κ3) is 2.31. The summed E-state index contributed by atoms with van der Waals surface area (Å²) in [6.45, 7) is 0. The molecule has 0 aromatic heterocycles. The number of nitrogens with zero attached hydrogens (tertiary/aromatic N) is 1. The smallest absolute Gasteiger partial charge is 0.416 e. The van der Waals surface area contributed by atoms with Gasteiger partial charge in [0.25, 0.3) is 0 Å². The van der Waals surface area contributed by atoms with Crippen LogP contribution < -0.4 is 0 Å². The van der Waals surface area contributed by atoms with Crippen molar-refractivity contribution < 1.29 is 23.4 Å². The zero-order chi connectivity index (χ0) is 11.6. The summed E-state index contributed by atoms with van der Waals surface area (Å²) in [5, 5.41) is 26.2. The molecule has 0 aliphatic rings. The van der Waals surface area contributed by atoms with E-state index in [4.69, 9.17) is 15.5 Å². The summed E-state index contributed by atoms with van der Waals surface area (Å²) in [5.41, 5.74) is -1.47. The fourth-order valence-electron chi connectivity index (χ4n) is 1.12. The first-order valence-corrected chi connectivity index (χ1v) is 3.85. The highest BCUT2D eigenvalue weighted by atomic mass is 19.4. The zero-order valence-electron chi connectivity index (χ0n) is 7.34. The molecule has 0 radical (unpaired) electrons. The van der Waals surface area contributed by atoms with E-state index in [-0.39, 0.29) is 5.56 Å². The lowest BCUT2D eigenvalue weighted by molar-refractivity contribution is -0.138. The average molecular weight is 217 g/mol. The van der Waals surface area contributed by atoms with Gasteiger partial charge in [0.15, 0.2) is 11.5 Å². The van der Waals surface area contributed by atoms with Crippen molar-refractivity contribution in [1.29, 1.82) is 5.26 Å². The first-order chi connectivity index (χ1) is 6.86. The topological polar surface area (TPSA) is 64.2 Å². The Morgan fingerprint density at radius 3 is 2.20 bits per heavy atom. The van der Waals surface area contributed by atoms with Crippen molar-refractivity contribution in [2.45, 2.75) is 12.6 Å². The second kappa shape index (κ2) is 3.69. The second-order valence-corrected chi connectivity index (χ2v) is 2.83. The van der Waals surface area contributed by atoms with E-state index in [1.165, 1.54) is 0 Å². The van der Waals surface area contributed by atoms with Crippen LogP contribution in [-0.2, 0) is 12.6 Å². The van der Waals surface area contributed by atoms with Crippen LogP contribution in [0.1, 0.15) is 11.1 Å². The van der Waals surface area contributed by atoms with Gasteiger partial charge < -0.3 is 10.2 Å². The maximum atomic E-state index is 12.4. The fraction of sp³-hybridized carbons (Fsp3) is 0.222. The van der Waals surface area contributed by atoms with Crippen molar-refractivity contribution in [3.63, 3.8) is 0 Å². The summed E-state index contributed by atoms with van der Waals surface area (Å²) in [7, 11) is 0. The lowest BCUT2D eigenvalue weighted by Crippen LogP contribution is -2.08. The molecule has 1 aromatic carbocycles. The molecule has 0 saturated heterocycles. The average Bonchev–Trinajstić information content (AvgIpc) is 2.09. The van der Waals surface area contributed by atoms with Gasteiger partial charge in [0.2, 0.25) is 0 Å². The molecule has 0 spiro atoms. The predicted octanol–water partition coefficient (Wildman–Crippen LogP) is 2.18. The Morgan fingerprint density at radius 2 is 1.73 bits per heavy atom. The molecule has 0 atom stereocenters. The van der Waals surface area contributed by atoms with Crippen molar-refractivity contribution in [2.24, 2.45) is 0 Å². The Hall–Kier alpha value is -1.90. The number of alkyl halides is 3. The van der Waals surface area contributed by atoms with Crippen LogP contribution in [-0.4, -0.2) is 10.2 Å². The molecule has 3 nitrogen and oxygen atoms in total. The molecule has 0 fully saturated rings. The minimum Gasteiger partial charge on any atom is -0.504 e. The number of nitriles is 1. The Balaban J connectivity index is 3.36. The quantitative estimate of drug-likeness (QED) is 0.708. The fourth-order valence-corrected chi connectivity index (χ4v) is 1.12. The van der Waals surface area contributed by atoms with E-state index in [1.54, 1.807) is 6.07 Å². The molecule has 0 saturated carbocycles. The van der Waals surface area contributed by atoms with Gasteiger partial charge in [-0.05, 0) is 17.7 Å².